The first kappa shape index (κ1) is 21.4. The summed E-state index contributed by atoms with van der Waals surface area (Å²) in [5.41, 5.74) is 0.751. The third-order valence-electron chi connectivity index (χ3n) is 5.93. The highest BCUT2D eigenvalue weighted by Crippen LogP contribution is 2.39. The maximum Gasteiger partial charge on any atom is 0.315 e. The number of ether oxygens (including phenoxy) is 1. The van der Waals surface area contributed by atoms with Crippen LogP contribution in [0.2, 0.25) is 0 Å². The number of piperidine rings is 1. The van der Waals surface area contributed by atoms with E-state index in [4.69, 9.17) is 4.74 Å². The van der Waals surface area contributed by atoms with Crippen LogP contribution < -0.4 is 10.2 Å². The van der Waals surface area contributed by atoms with Crippen molar-refractivity contribution in [1.82, 2.24) is 29.7 Å². The van der Waals surface area contributed by atoms with Gasteiger partial charge in [-0.05, 0) is 32.6 Å². The van der Waals surface area contributed by atoms with Crippen LogP contribution in [0.4, 0.5) is 10.9 Å². The number of hydrogen-bond donors (Lipinski definition) is 1. The Labute approximate surface area is 194 Å². The van der Waals surface area contributed by atoms with E-state index < -0.39 is 0 Å². The summed E-state index contributed by atoms with van der Waals surface area (Å²) < 4.78 is 6.74. The second-order valence-corrected chi connectivity index (χ2v) is 9.10. The molecule has 3 aromatic rings. The van der Waals surface area contributed by atoms with Gasteiger partial charge in [-0.15, -0.1) is 11.3 Å². The highest BCUT2D eigenvalue weighted by molar-refractivity contribution is 7.16. The molecule has 2 unspecified atom stereocenters. The summed E-state index contributed by atoms with van der Waals surface area (Å²) in [7, 11) is 0. The summed E-state index contributed by atoms with van der Waals surface area (Å²) in [5, 5.41) is 7.63. The highest BCUT2D eigenvalue weighted by Gasteiger charge is 2.34. The Morgan fingerprint density at radius 3 is 2.94 bits per heavy atom. The first-order valence-corrected chi connectivity index (χ1v) is 11.8. The van der Waals surface area contributed by atoms with Gasteiger partial charge in [-0.1, -0.05) is 0 Å². The molecule has 5 rings (SSSR count). The van der Waals surface area contributed by atoms with Crippen molar-refractivity contribution in [3.05, 3.63) is 35.6 Å². The zero-order valence-electron chi connectivity index (χ0n) is 18.2. The summed E-state index contributed by atoms with van der Waals surface area (Å²) in [6.45, 7) is 3.51. The number of aryl methyl sites for hydroxylation is 1. The second-order valence-electron chi connectivity index (χ2n) is 8.02. The van der Waals surface area contributed by atoms with E-state index in [1.54, 1.807) is 17.9 Å². The Bertz CT molecular complexity index is 1150. The summed E-state index contributed by atoms with van der Waals surface area (Å²) >= 11 is 1.45. The van der Waals surface area contributed by atoms with Crippen LogP contribution in [0.5, 0.6) is 0 Å². The number of fused-ring (bicyclic) bond motifs is 1. The third kappa shape index (κ3) is 4.42. The Hall–Kier alpha value is -3.41. The van der Waals surface area contributed by atoms with Gasteiger partial charge in [0.15, 0.2) is 10.9 Å². The first-order valence-electron chi connectivity index (χ1n) is 11.0. The van der Waals surface area contributed by atoms with Crippen molar-refractivity contribution in [2.45, 2.75) is 38.5 Å². The molecule has 1 amide bonds. The van der Waals surface area contributed by atoms with E-state index in [1.807, 2.05) is 6.07 Å². The van der Waals surface area contributed by atoms with Crippen molar-refractivity contribution in [1.29, 1.82) is 0 Å². The maximum atomic E-state index is 13.0. The lowest BCUT2D eigenvalue weighted by atomic mass is 9.97. The van der Waals surface area contributed by atoms with Crippen molar-refractivity contribution in [2.24, 2.45) is 5.92 Å². The molecule has 1 saturated heterocycles. The molecule has 1 N–H and O–H groups in total. The number of nitrogens with one attached hydrogen (secondary N) is 1. The van der Waals surface area contributed by atoms with Gasteiger partial charge in [0.05, 0.1) is 18.2 Å². The van der Waals surface area contributed by atoms with Gasteiger partial charge in [0, 0.05) is 24.0 Å². The molecule has 0 radical (unpaired) electrons. The minimum absolute atomic E-state index is 0.0645. The summed E-state index contributed by atoms with van der Waals surface area (Å²) in [4.78, 5) is 45.5. The van der Waals surface area contributed by atoms with Crippen LogP contribution in [0.1, 0.15) is 42.7 Å². The lowest BCUT2D eigenvalue weighted by Gasteiger charge is -2.32. The topological polar surface area (TPSA) is 128 Å². The molecule has 2 aliphatic rings. The molecule has 0 bridgehead atoms. The number of carbonyl (C=O) groups is 2. The van der Waals surface area contributed by atoms with E-state index in [1.165, 1.54) is 24.0 Å². The number of esters is 1. The zero-order valence-corrected chi connectivity index (χ0v) is 19.0. The van der Waals surface area contributed by atoms with Gasteiger partial charge < -0.3 is 15.0 Å². The van der Waals surface area contributed by atoms with Crippen LogP contribution in [-0.4, -0.2) is 61.3 Å². The number of nitrogens with zero attached hydrogens (tertiary/aromatic N) is 7. The fraction of sp³-hybridized carbons (Fsp3) is 0.476. The zero-order chi connectivity index (χ0) is 22.8. The Balaban J connectivity index is 1.25. The van der Waals surface area contributed by atoms with Crippen LogP contribution in [0.3, 0.4) is 0 Å². The molecule has 2 atom stereocenters. The largest absolute Gasteiger partial charge is 0.465 e. The van der Waals surface area contributed by atoms with Crippen molar-refractivity contribution in [3.63, 3.8) is 0 Å². The van der Waals surface area contributed by atoms with Crippen molar-refractivity contribution in [2.75, 3.05) is 29.9 Å². The Morgan fingerprint density at radius 2 is 2.12 bits per heavy atom. The van der Waals surface area contributed by atoms with Crippen molar-refractivity contribution >= 4 is 34.2 Å². The molecule has 11 nitrogen and oxygen atoms in total. The molecule has 0 aromatic carbocycles. The average molecular weight is 469 g/mol. The number of aromatic nitrogens is 6. The third-order valence-corrected chi connectivity index (χ3v) is 6.97. The van der Waals surface area contributed by atoms with Gasteiger partial charge in [-0.25, -0.2) is 24.6 Å². The maximum absolute atomic E-state index is 13.0. The number of thiazole rings is 1. The molecule has 0 saturated carbocycles. The minimum Gasteiger partial charge on any atom is -0.465 e. The second kappa shape index (κ2) is 9.22. The van der Waals surface area contributed by atoms with Crippen LogP contribution >= 0.6 is 11.3 Å². The van der Waals surface area contributed by atoms with E-state index in [0.717, 1.165) is 42.2 Å². The van der Waals surface area contributed by atoms with Crippen molar-refractivity contribution in [3.8, 4) is 5.82 Å². The predicted octanol–water partition coefficient (Wildman–Crippen LogP) is 1.96. The summed E-state index contributed by atoms with van der Waals surface area (Å²) in [5.74, 6) is 0.547. The normalized spacial score (nSPS) is 19.8. The van der Waals surface area contributed by atoms with E-state index >= 15 is 0 Å². The molecule has 3 aromatic heterocycles. The molecule has 1 aliphatic heterocycles. The van der Waals surface area contributed by atoms with Gasteiger partial charge in [0.25, 0.3) is 0 Å². The predicted molar refractivity (Wildman–Crippen MR) is 120 cm³/mol. The number of anilines is 2. The number of rotatable bonds is 6. The summed E-state index contributed by atoms with van der Waals surface area (Å²) in [6.07, 6.45) is 7.69. The minimum atomic E-state index is -0.330. The smallest absolute Gasteiger partial charge is 0.315 e. The average Bonchev–Trinajstić information content (AvgIpc) is 3.57. The summed E-state index contributed by atoms with van der Waals surface area (Å²) in [6, 6.07) is 1.84. The van der Waals surface area contributed by atoms with Crippen LogP contribution in [0.25, 0.3) is 5.82 Å². The van der Waals surface area contributed by atoms with Gasteiger partial charge >= 0.3 is 5.97 Å². The standard InChI is InChI=1S/C21H24N8O3S/c1-2-32-20(31)14-5-6-15-18(14)26-21(33-15)27-19(30)13-4-3-7-28(9-13)16-8-17(24-11-23-16)29-12-22-10-25-29/h8,10-14H,2-7,9H2,1H3,(H,26,27,30). The molecule has 12 heteroatoms. The van der Waals surface area contributed by atoms with E-state index in [2.05, 4.69) is 35.3 Å². The van der Waals surface area contributed by atoms with Gasteiger partial charge in [-0.3, -0.25) is 9.59 Å². The van der Waals surface area contributed by atoms with E-state index in [0.29, 0.717) is 30.5 Å². The van der Waals surface area contributed by atoms with E-state index in [9.17, 15) is 9.59 Å². The SMILES string of the molecule is CCOC(=O)C1CCc2sc(NC(=O)C3CCCN(c4cc(-n5cncn5)ncn4)C3)nc21. The van der Waals surface area contributed by atoms with Gasteiger partial charge in [0.2, 0.25) is 5.91 Å². The Kier molecular flexibility index (Phi) is 5.99. The number of hydrogen-bond acceptors (Lipinski definition) is 10. The van der Waals surface area contributed by atoms with Gasteiger partial charge in [-0.2, -0.15) is 5.10 Å². The first-order chi connectivity index (χ1) is 16.1. The molecule has 0 spiro atoms. The molecule has 33 heavy (non-hydrogen) atoms. The quantitative estimate of drug-likeness (QED) is 0.540. The molecule has 4 heterocycles. The van der Waals surface area contributed by atoms with Crippen LogP contribution in [-0.2, 0) is 20.7 Å². The molecular weight excluding hydrogens is 444 g/mol. The number of amides is 1. The fourth-order valence-corrected chi connectivity index (χ4v) is 5.36. The lowest BCUT2D eigenvalue weighted by Crippen LogP contribution is -2.41. The number of carbonyl (C=O) groups excluding carboxylic acids is 2. The molecule has 1 fully saturated rings. The van der Waals surface area contributed by atoms with E-state index in [-0.39, 0.29) is 23.7 Å². The van der Waals surface area contributed by atoms with Gasteiger partial charge in [0.1, 0.15) is 30.7 Å². The molecular formula is C21H24N8O3S. The van der Waals surface area contributed by atoms with Crippen LogP contribution in [0.15, 0.2) is 25.0 Å². The highest BCUT2D eigenvalue weighted by atomic mass is 32.1. The Morgan fingerprint density at radius 1 is 1.24 bits per heavy atom. The fourth-order valence-electron chi connectivity index (χ4n) is 4.32. The monoisotopic (exact) mass is 468 g/mol. The van der Waals surface area contributed by atoms with Crippen LogP contribution in [0, 0.1) is 5.92 Å². The lowest BCUT2D eigenvalue weighted by molar-refractivity contribution is -0.145. The van der Waals surface area contributed by atoms with Crippen molar-refractivity contribution < 1.29 is 14.3 Å². The molecule has 1 aliphatic carbocycles. The molecule has 172 valence electrons.